The van der Waals surface area contributed by atoms with Gasteiger partial charge in [-0.15, -0.1) is 23.5 Å². The van der Waals surface area contributed by atoms with E-state index in [9.17, 15) is 14.9 Å². The van der Waals surface area contributed by atoms with Gasteiger partial charge in [-0.25, -0.2) is 9.59 Å². The molecule has 44 heavy (non-hydrogen) atoms. The topological polar surface area (TPSA) is 76.4 Å². The highest BCUT2D eigenvalue weighted by Crippen LogP contribution is 2.44. The van der Waals surface area contributed by atoms with E-state index in [1.54, 1.807) is 23.5 Å². The molecule has 0 amide bonds. The van der Waals surface area contributed by atoms with Gasteiger partial charge in [-0.1, -0.05) is 76.3 Å². The largest absolute Gasteiger partial charge is 0.463 e. The Hall–Kier alpha value is -2.17. The molecule has 1 aliphatic heterocycles. The molecule has 2 aliphatic carbocycles. The van der Waals surface area contributed by atoms with Crippen molar-refractivity contribution in [3.05, 3.63) is 57.9 Å². The Kier molecular flexibility index (Phi) is 14.8. The average molecular weight is 638 g/mol. The SMILES string of the molecule is C=CC(=O)OCCCCCCc1ccc(C2CSC(=C(C#N)C(=O)OC3CCC(C4CCC(CCC)CC4)CC3)SC2)cc1. The monoisotopic (exact) mass is 637 g/mol. The van der Waals surface area contributed by atoms with Crippen LogP contribution in [0.25, 0.3) is 0 Å². The van der Waals surface area contributed by atoms with Gasteiger partial charge in [-0.3, -0.25) is 0 Å². The van der Waals surface area contributed by atoms with Crippen molar-refractivity contribution in [3.8, 4) is 6.07 Å². The molecule has 240 valence electrons. The highest BCUT2D eigenvalue weighted by Gasteiger charge is 2.33. The summed E-state index contributed by atoms with van der Waals surface area (Å²) in [6, 6.07) is 11.1. The van der Waals surface area contributed by atoms with Gasteiger partial charge in [0.2, 0.25) is 0 Å². The maximum atomic E-state index is 13.1. The second kappa shape index (κ2) is 18.7. The Morgan fingerprint density at radius 2 is 1.57 bits per heavy atom. The summed E-state index contributed by atoms with van der Waals surface area (Å²) in [6.07, 6.45) is 18.8. The number of ether oxygens (including phenoxy) is 2. The summed E-state index contributed by atoms with van der Waals surface area (Å²) in [5, 5.41) is 9.87. The van der Waals surface area contributed by atoms with Crippen LogP contribution in [0.5, 0.6) is 0 Å². The number of carbonyl (C=O) groups is 2. The number of benzene rings is 1. The van der Waals surface area contributed by atoms with Crippen LogP contribution in [-0.4, -0.2) is 36.2 Å². The van der Waals surface area contributed by atoms with E-state index in [0.29, 0.717) is 12.5 Å². The zero-order valence-electron chi connectivity index (χ0n) is 26.6. The Balaban J connectivity index is 1.15. The van der Waals surface area contributed by atoms with Gasteiger partial charge in [0, 0.05) is 23.5 Å². The first-order valence-electron chi connectivity index (χ1n) is 17.0. The third-order valence-corrected chi connectivity index (χ3v) is 12.6. The average Bonchev–Trinajstić information content (AvgIpc) is 3.06. The normalized spacial score (nSPS) is 25.5. The van der Waals surface area contributed by atoms with Gasteiger partial charge < -0.3 is 9.47 Å². The second-order valence-electron chi connectivity index (χ2n) is 12.9. The molecule has 0 atom stereocenters. The van der Waals surface area contributed by atoms with Gasteiger partial charge >= 0.3 is 11.9 Å². The van der Waals surface area contributed by atoms with E-state index < -0.39 is 5.97 Å². The van der Waals surface area contributed by atoms with Crippen molar-refractivity contribution in [2.45, 2.75) is 115 Å². The van der Waals surface area contributed by atoms with E-state index >= 15 is 0 Å². The van der Waals surface area contributed by atoms with E-state index in [1.165, 1.54) is 55.7 Å². The third-order valence-electron chi connectivity index (χ3n) is 9.82. The van der Waals surface area contributed by atoms with Crippen molar-refractivity contribution >= 4 is 35.5 Å². The second-order valence-corrected chi connectivity index (χ2v) is 15.2. The fourth-order valence-corrected chi connectivity index (χ4v) is 9.93. The molecule has 0 N–H and O–H groups in total. The van der Waals surface area contributed by atoms with Crippen LogP contribution in [0.2, 0.25) is 0 Å². The van der Waals surface area contributed by atoms with Crippen LogP contribution in [0.4, 0.5) is 0 Å². The molecule has 3 aliphatic rings. The molecule has 0 bridgehead atoms. The van der Waals surface area contributed by atoms with Crippen molar-refractivity contribution < 1.29 is 19.1 Å². The fourth-order valence-electron chi connectivity index (χ4n) is 7.17. The lowest BCUT2D eigenvalue weighted by atomic mass is 9.70. The van der Waals surface area contributed by atoms with Crippen molar-refractivity contribution in [1.29, 1.82) is 5.26 Å². The number of unbranched alkanes of at least 4 members (excludes halogenated alkanes) is 3. The van der Waals surface area contributed by atoms with E-state index in [-0.39, 0.29) is 17.6 Å². The highest BCUT2D eigenvalue weighted by atomic mass is 32.2. The first kappa shape index (κ1) is 34.7. The first-order chi connectivity index (χ1) is 21.5. The summed E-state index contributed by atoms with van der Waals surface area (Å²) >= 11 is 3.25. The number of rotatable bonds is 14. The molecule has 1 heterocycles. The molecular formula is C37H51NO4S2. The van der Waals surface area contributed by atoms with Crippen LogP contribution in [0.1, 0.15) is 114 Å². The van der Waals surface area contributed by atoms with Gasteiger partial charge in [0.05, 0.1) is 10.8 Å². The van der Waals surface area contributed by atoms with E-state index in [2.05, 4.69) is 43.8 Å². The summed E-state index contributed by atoms with van der Waals surface area (Å²) in [4.78, 5) is 24.1. The lowest BCUT2D eigenvalue weighted by Gasteiger charge is -2.37. The molecular weight excluding hydrogens is 587 g/mol. The summed E-state index contributed by atoms with van der Waals surface area (Å²) in [5.41, 5.74) is 2.85. The van der Waals surface area contributed by atoms with Crippen LogP contribution in [0, 0.1) is 29.1 Å². The van der Waals surface area contributed by atoms with Crippen molar-refractivity contribution in [2.24, 2.45) is 17.8 Å². The maximum absolute atomic E-state index is 13.1. The highest BCUT2D eigenvalue weighted by molar-refractivity contribution is 8.22. The minimum absolute atomic E-state index is 0.0500. The number of thioether (sulfide) groups is 2. The van der Waals surface area contributed by atoms with Crippen molar-refractivity contribution in [1.82, 2.24) is 0 Å². The summed E-state index contributed by atoms with van der Waals surface area (Å²) < 4.78 is 11.8. The van der Waals surface area contributed by atoms with Crippen LogP contribution in [0.3, 0.4) is 0 Å². The Bertz CT molecular complexity index is 1130. The van der Waals surface area contributed by atoms with Crippen LogP contribution < -0.4 is 0 Å². The number of carbonyl (C=O) groups excluding carboxylic acids is 2. The molecule has 1 aromatic rings. The molecule has 5 nitrogen and oxygen atoms in total. The minimum atomic E-state index is -0.424. The van der Waals surface area contributed by atoms with Gasteiger partial charge in [0.15, 0.2) is 5.57 Å². The molecule has 2 saturated carbocycles. The predicted octanol–water partition coefficient (Wildman–Crippen LogP) is 9.53. The molecule has 0 radical (unpaired) electrons. The van der Waals surface area contributed by atoms with Gasteiger partial charge in [0.25, 0.3) is 0 Å². The standard InChI is InChI=1S/C37H51NO4S2/c1-3-9-27-11-15-29(16-12-27)30-19-21-33(22-20-30)42-36(40)34(24-38)37-43-25-32(26-44-37)31-17-13-28(14-18-31)10-7-5-6-8-23-41-35(39)4-2/h4,13-14,17-18,27,29-30,32-33H,2-3,5-12,15-16,19-23,25-26H2,1H3. The van der Waals surface area contributed by atoms with Crippen molar-refractivity contribution in [2.75, 3.05) is 18.1 Å². The third kappa shape index (κ3) is 10.7. The van der Waals surface area contributed by atoms with E-state index in [4.69, 9.17) is 9.47 Å². The molecule has 0 unspecified atom stereocenters. The van der Waals surface area contributed by atoms with Crippen LogP contribution >= 0.6 is 23.5 Å². The zero-order valence-corrected chi connectivity index (χ0v) is 28.2. The molecule has 7 heteroatoms. The molecule has 3 fully saturated rings. The van der Waals surface area contributed by atoms with Crippen LogP contribution in [-0.2, 0) is 25.5 Å². The quantitative estimate of drug-likeness (QED) is 0.0870. The van der Waals surface area contributed by atoms with Gasteiger partial charge in [-0.05, 0) is 86.7 Å². The molecule has 0 aromatic heterocycles. The number of hydrogen-bond donors (Lipinski definition) is 0. The van der Waals surface area contributed by atoms with Crippen molar-refractivity contribution in [3.63, 3.8) is 0 Å². The smallest absolute Gasteiger partial charge is 0.350 e. The van der Waals surface area contributed by atoms with Crippen LogP contribution in [0.15, 0.2) is 46.7 Å². The molecule has 0 spiro atoms. The Morgan fingerprint density at radius 1 is 0.932 bits per heavy atom. The lowest BCUT2D eigenvalue weighted by molar-refractivity contribution is -0.146. The number of aryl methyl sites for hydroxylation is 1. The maximum Gasteiger partial charge on any atom is 0.350 e. The number of hydrogen-bond acceptors (Lipinski definition) is 7. The first-order valence-corrected chi connectivity index (χ1v) is 19.0. The Morgan fingerprint density at radius 3 is 2.18 bits per heavy atom. The minimum Gasteiger partial charge on any atom is -0.463 e. The van der Waals surface area contributed by atoms with Gasteiger partial charge in [0.1, 0.15) is 12.2 Å². The van der Waals surface area contributed by atoms with E-state index in [1.807, 2.05) is 0 Å². The Labute approximate surface area is 274 Å². The number of nitrogens with zero attached hydrogens (tertiary/aromatic N) is 1. The molecule has 1 saturated heterocycles. The van der Waals surface area contributed by atoms with Gasteiger partial charge in [-0.2, -0.15) is 5.26 Å². The number of esters is 2. The zero-order chi connectivity index (χ0) is 31.1. The van der Waals surface area contributed by atoms with E-state index in [0.717, 1.165) is 91.3 Å². The lowest BCUT2D eigenvalue weighted by Crippen LogP contribution is -2.30. The molecule has 1 aromatic carbocycles. The molecule has 4 rings (SSSR count). The predicted molar refractivity (Wildman–Crippen MR) is 182 cm³/mol. The number of nitriles is 1. The summed E-state index contributed by atoms with van der Waals surface area (Å²) in [6.45, 7) is 6.17. The fraction of sp³-hybridized carbons (Fsp3) is 0.649. The summed E-state index contributed by atoms with van der Waals surface area (Å²) in [5.74, 6) is 3.93. The summed E-state index contributed by atoms with van der Waals surface area (Å²) in [7, 11) is 0.